The van der Waals surface area contributed by atoms with E-state index in [1.807, 2.05) is 12.1 Å². The van der Waals surface area contributed by atoms with Gasteiger partial charge in [-0.3, -0.25) is 4.98 Å². The zero-order valence-electron chi connectivity index (χ0n) is 16.3. The fourth-order valence-corrected chi connectivity index (χ4v) is 3.34. The van der Waals surface area contributed by atoms with Crippen LogP contribution in [0.4, 0.5) is 4.79 Å². The van der Waals surface area contributed by atoms with E-state index in [9.17, 15) is 4.79 Å². The van der Waals surface area contributed by atoms with Gasteiger partial charge in [-0.05, 0) is 36.9 Å². The van der Waals surface area contributed by atoms with Crippen molar-refractivity contribution in [2.45, 2.75) is 26.8 Å². The Hall–Kier alpha value is -2.48. The number of nitrogens with zero attached hydrogens (tertiary/aromatic N) is 5. The van der Waals surface area contributed by atoms with E-state index < -0.39 is 0 Å². The van der Waals surface area contributed by atoms with Gasteiger partial charge in [0.25, 0.3) is 0 Å². The van der Waals surface area contributed by atoms with Crippen LogP contribution in [0.3, 0.4) is 0 Å². The lowest BCUT2D eigenvalue weighted by atomic mass is 10.1. The lowest BCUT2D eigenvalue weighted by Gasteiger charge is -2.20. The Labute approximate surface area is 159 Å². The standard InChI is InChI=1S/C19H28N6O2/c1-14(2)11-25-9-6-15(12-25)10-21-19(26)24(3)13-17-22-18(23-27-17)16-4-7-20-8-5-16/h4-5,7-8,14-15H,6,9-13H2,1-3H3,(H,21,26). The molecule has 2 aromatic rings. The molecule has 1 N–H and O–H groups in total. The highest BCUT2D eigenvalue weighted by Gasteiger charge is 2.24. The number of hydrogen-bond donors (Lipinski definition) is 1. The summed E-state index contributed by atoms with van der Waals surface area (Å²) in [4.78, 5) is 24.7. The summed E-state index contributed by atoms with van der Waals surface area (Å²) in [6.45, 7) is 8.75. The molecule has 2 amide bonds. The summed E-state index contributed by atoms with van der Waals surface area (Å²) in [6, 6.07) is 3.51. The van der Waals surface area contributed by atoms with Gasteiger partial charge in [-0.15, -0.1) is 0 Å². The van der Waals surface area contributed by atoms with Crippen molar-refractivity contribution in [2.24, 2.45) is 11.8 Å². The minimum absolute atomic E-state index is 0.124. The first-order chi connectivity index (χ1) is 13.0. The van der Waals surface area contributed by atoms with Gasteiger partial charge in [-0.2, -0.15) is 4.98 Å². The first-order valence-corrected chi connectivity index (χ1v) is 9.45. The van der Waals surface area contributed by atoms with E-state index in [0.29, 0.717) is 30.1 Å². The SMILES string of the molecule is CC(C)CN1CCC(CNC(=O)N(C)Cc2nc(-c3ccncc3)no2)C1. The van der Waals surface area contributed by atoms with Gasteiger partial charge in [0, 0.05) is 44.6 Å². The third-order valence-electron chi connectivity index (χ3n) is 4.66. The minimum atomic E-state index is -0.124. The topological polar surface area (TPSA) is 87.4 Å². The third-order valence-corrected chi connectivity index (χ3v) is 4.66. The molecule has 1 unspecified atom stereocenters. The number of hydrogen-bond acceptors (Lipinski definition) is 6. The van der Waals surface area contributed by atoms with Crippen molar-refractivity contribution >= 4 is 6.03 Å². The number of carbonyl (C=O) groups is 1. The second-order valence-electron chi connectivity index (χ2n) is 7.60. The predicted octanol–water partition coefficient (Wildman–Crippen LogP) is 2.25. The van der Waals surface area contributed by atoms with Gasteiger partial charge < -0.3 is 19.6 Å². The summed E-state index contributed by atoms with van der Waals surface area (Å²) in [5.41, 5.74) is 0.833. The minimum Gasteiger partial charge on any atom is -0.338 e. The van der Waals surface area contributed by atoms with Gasteiger partial charge in [-0.1, -0.05) is 19.0 Å². The fraction of sp³-hybridized carbons (Fsp3) is 0.579. The van der Waals surface area contributed by atoms with Crippen LogP contribution in [0.15, 0.2) is 29.0 Å². The molecular weight excluding hydrogens is 344 g/mol. The molecule has 27 heavy (non-hydrogen) atoms. The maximum Gasteiger partial charge on any atom is 0.317 e. The molecule has 0 aromatic carbocycles. The molecule has 0 saturated carbocycles. The number of nitrogens with one attached hydrogen (secondary N) is 1. The molecule has 0 spiro atoms. The van der Waals surface area contributed by atoms with Crippen LogP contribution in [0.5, 0.6) is 0 Å². The molecule has 8 nitrogen and oxygen atoms in total. The van der Waals surface area contributed by atoms with E-state index in [1.165, 1.54) is 0 Å². The highest BCUT2D eigenvalue weighted by Crippen LogP contribution is 2.17. The fourth-order valence-electron chi connectivity index (χ4n) is 3.34. The van der Waals surface area contributed by atoms with Gasteiger partial charge >= 0.3 is 6.03 Å². The molecule has 8 heteroatoms. The highest BCUT2D eigenvalue weighted by atomic mass is 16.5. The van der Waals surface area contributed by atoms with Crippen LogP contribution in [-0.4, -0.2) is 64.2 Å². The second kappa shape index (κ2) is 8.94. The van der Waals surface area contributed by atoms with E-state index in [-0.39, 0.29) is 12.6 Å². The van der Waals surface area contributed by atoms with Gasteiger partial charge in [0.1, 0.15) is 6.54 Å². The van der Waals surface area contributed by atoms with E-state index in [2.05, 4.69) is 39.2 Å². The van der Waals surface area contributed by atoms with Crippen LogP contribution < -0.4 is 5.32 Å². The molecule has 0 aliphatic carbocycles. The number of carbonyl (C=O) groups excluding carboxylic acids is 1. The third kappa shape index (κ3) is 5.50. The lowest BCUT2D eigenvalue weighted by Crippen LogP contribution is -2.39. The van der Waals surface area contributed by atoms with Crippen LogP contribution in [-0.2, 0) is 6.54 Å². The highest BCUT2D eigenvalue weighted by molar-refractivity contribution is 5.73. The Morgan fingerprint density at radius 2 is 2.19 bits per heavy atom. The monoisotopic (exact) mass is 372 g/mol. The smallest absolute Gasteiger partial charge is 0.317 e. The van der Waals surface area contributed by atoms with Crippen molar-refractivity contribution in [2.75, 3.05) is 33.2 Å². The Bertz CT molecular complexity index is 733. The largest absolute Gasteiger partial charge is 0.338 e. The normalized spacial score (nSPS) is 17.4. The lowest BCUT2D eigenvalue weighted by molar-refractivity contribution is 0.197. The van der Waals surface area contributed by atoms with E-state index in [0.717, 1.165) is 31.6 Å². The average molecular weight is 372 g/mol. The van der Waals surface area contributed by atoms with Gasteiger partial charge in [0.2, 0.25) is 11.7 Å². The zero-order valence-corrected chi connectivity index (χ0v) is 16.3. The molecule has 1 aliphatic heterocycles. The molecule has 1 fully saturated rings. The zero-order chi connectivity index (χ0) is 19.2. The number of pyridine rings is 1. The number of urea groups is 1. The van der Waals surface area contributed by atoms with Crippen LogP contribution in [0, 0.1) is 11.8 Å². The van der Waals surface area contributed by atoms with Gasteiger partial charge in [-0.25, -0.2) is 4.79 Å². The van der Waals surface area contributed by atoms with E-state index in [1.54, 1.807) is 24.3 Å². The van der Waals surface area contributed by atoms with Crippen LogP contribution in [0.2, 0.25) is 0 Å². The molecule has 1 atom stereocenters. The molecule has 3 heterocycles. The summed E-state index contributed by atoms with van der Waals surface area (Å²) < 4.78 is 5.26. The molecule has 1 saturated heterocycles. The van der Waals surface area contributed by atoms with Crippen molar-refractivity contribution in [1.82, 2.24) is 30.2 Å². The maximum absolute atomic E-state index is 12.3. The van der Waals surface area contributed by atoms with Crippen LogP contribution >= 0.6 is 0 Å². The summed E-state index contributed by atoms with van der Waals surface area (Å²) in [5.74, 6) is 2.10. The van der Waals surface area contributed by atoms with Crippen molar-refractivity contribution in [3.63, 3.8) is 0 Å². The second-order valence-corrected chi connectivity index (χ2v) is 7.60. The van der Waals surface area contributed by atoms with Crippen LogP contribution in [0.25, 0.3) is 11.4 Å². The van der Waals surface area contributed by atoms with Crippen molar-refractivity contribution in [1.29, 1.82) is 0 Å². The quantitative estimate of drug-likeness (QED) is 0.802. The Morgan fingerprint density at radius 1 is 1.41 bits per heavy atom. The number of rotatable bonds is 7. The maximum atomic E-state index is 12.3. The van der Waals surface area contributed by atoms with Crippen molar-refractivity contribution in [3.8, 4) is 11.4 Å². The molecule has 2 aromatic heterocycles. The van der Waals surface area contributed by atoms with Gasteiger partial charge in [0.15, 0.2) is 0 Å². The number of aromatic nitrogens is 3. The van der Waals surface area contributed by atoms with Crippen molar-refractivity contribution in [3.05, 3.63) is 30.4 Å². The molecule has 0 radical (unpaired) electrons. The molecular formula is C19H28N6O2. The Morgan fingerprint density at radius 3 is 2.93 bits per heavy atom. The Kier molecular flexibility index (Phi) is 6.39. The Balaban J connectivity index is 1.44. The average Bonchev–Trinajstić information content (AvgIpc) is 3.29. The van der Waals surface area contributed by atoms with E-state index >= 15 is 0 Å². The summed E-state index contributed by atoms with van der Waals surface area (Å²) >= 11 is 0. The van der Waals surface area contributed by atoms with Crippen LogP contribution in [0.1, 0.15) is 26.2 Å². The molecule has 0 bridgehead atoms. The van der Waals surface area contributed by atoms with E-state index in [4.69, 9.17) is 4.52 Å². The molecule has 1 aliphatic rings. The number of likely N-dealkylation sites (tertiary alicyclic amines) is 1. The molecule has 3 rings (SSSR count). The first-order valence-electron chi connectivity index (χ1n) is 9.45. The summed E-state index contributed by atoms with van der Waals surface area (Å²) in [7, 11) is 1.73. The first kappa shape index (κ1) is 19.3. The summed E-state index contributed by atoms with van der Waals surface area (Å²) in [5, 5.41) is 6.98. The number of amides is 2. The molecule has 146 valence electrons. The predicted molar refractivity (Wildman–Crippen MR) is 102 cm³/mol. The van der Waals surface area contributed by atoms with Crippen molar-refractivity contribution < 1.29 is 9.32 Å². The summed E-state index contributed by atoms with van der Waals surface area (Å²) in [6.07, 6.45) is 4.49. The van der Waals surface area contributed by atoms with Gasteiger partial charge in [0.05, 0.1) is 0 Å².